The Bertz CT molecular complexity index is 979. The van der Waals surface area contributed by atoms with Gasteiger partial charge in [0, 0.05) is 36.6 Å². The van der Waals surface area contributed by atoms with E-state index in [1.807, 2.05) is 16.3 Å². The highest BCUT2D eigenvalue weighted by atomic mass is 32.2. The van der Waals surface area contributed by atoms with E-state index < -0.39 is 10.0 Å². The molecule has 1 amide bonds. The van der Waals surface area contributed by atoms with Crippen LogP contribution < -0.4 is 0 Å². The summed E-state index contributed by atoms with van der Waals surface area (Å²) in [5, 5.41) is 2.01. The van der Waals surface area contributed by atoms with Crippen molar-refractivity contribution in [1.29, 1.82) is 0 Å². The summed E-state index contributed by atoms with van der Waals surface area (Å²) in [5.41, 5.74) is 1.65. The van der Waals surface area contributed by atoms with Crippen LogP contribution in [0.2, 0.25) is 0 Å². The summed E-state index contributed by atoms with van der Waals surface area (Å²) >= 11 is 1.68. The molecule has 1 fully saturated rings. The second-order valence-corrected chi connectivity index (χ2v) is 11.1. The number of likely N-dealkylation sites (tertiary alicyclic amines) is 1. The quantitative estimate of drug-likeness (QED) is 0.788. The average Bonchev–Trinajstić information content (AvgIpc) is 3.26. The maximum Gasteiger partial charge on any atom is 0.253 e. The van der Waals surface area contributed by atoms with Crippen molar-refractivity contribution in [2.24, 2.45) is 5.41 Å². The number of thiophene rings is 1. The van der Waals surface area contributed by atoms with E-state index >= 15 is 0 Å². The van der Waals surface area contributed by atoms with Crippen LogP contribution in [0.5, 0.6) is 0 Å². The lowest BCUT2D eigenvalue weighted by molar-refractivity contribution is 0.0778. The predicted molar refractivity (Wildman–Crippen MR) is 106 cm³/mol. The first-order valence-electron chi connectivity index (χ1n) is 9.21. The number of carbonyl (C=O) groups is 1. The van der Waals surface area contributed by atoms with Gasteiger partial charge in [0.2, 0.25) is 10.0 Å². The zero-order valence-electron chi connectivity index (χ0n) is 15.6. The summed E-state index contributed by atoms with van der Waals surface area (Å²) < 4.78 is 27.8. The van der Waals surface area contributed by atoms with Gasteiger partial charge in [-0.15, -0.1) is 11.3 Å². The third-order valence-electron chi connectivity index (χ3n) is 5.46. The highest BCUT2D eigenvalue weighted by Crippen LogP contribution is 2.31. The molecule has 0 atom stereocenters. The monoisotopic (exact) mass is 404 g/mol. The van der Waals surface area contributed by atoms with E-state index in [-0.39, 0.29) is 16.2 Å². The van der Waals surface area contributed by atoms with Gasteiger partial charge in [0.1, 0.15) is 0 Å². The largest absolute Gasteiger partial charge is 0.338 e. The van der Waals surface area contributed by atoms with E-state index in [0.29, 0.717) is 25.2 Å². The van der Waals surface area contributed by atoms with Gasteiger partial charge in [0.25, 0.3) is 5.91 Å². The summed E-state index contributed by atoms with van der Waals surface area (Å²) in [7, 11) is -3.62. The zero-order valence-corrected chi connectivity index (χ0v) is 17.3. The number of nitrogens with zero attached hydrogens (tertiary/aromatic N) is 2. The summed E-state index contributed by atoms with van der Waals surface area (Å²) in [6, 6.07) is 8.49. The maximum absolute atomic E-state index is 13.1. The summed E-state index contributed by atoms with van der Waals surface area (Å²) in [6.45, 7) is 6.60. The lowest BCUT2D eigenvalue weighted by atomic mass is 9.93. The van der Waals surface area contributed by atoms with Gasteiger partial charge < -0.3 is 4.90 Å². The van der Waals surface area contributed by atoms with Crippen molar-refractivity contribution in [2.45, 2.75) is 38.1 Å². The minimum atomic E-state index is -3.62. The fourth-order valence-electron chi connectivity index (χ4n) is 3.83. The van der Waals surface area contributed by atoms with Crippen LogP contribution in [0.1, 0.15) is 41.1 Å². The third-order valence-corrected chi connectivity index (χ3v) is 8.32. The van der Waals surface area contributed by atoms with Crippen molar-refractivity contribution in [3.8, 4) is 0 Å². The van der Waals surface area contributed by atoms with Gasteiger partial charge in [0.05, 0.1) is 4.90 Å². The fourth-order valence-corrected chi connectivity index (χ4v) is 6.19. The number of amides is 1. The van der Waals surface area contributed by atoms with Crippen LogP contribution in [0.15, 0.2) is 40.6 Å². The summed E-state index contributed by atoms with van der Waals surface area (Å²) in [6.07, 6.45) is 1.71. The molecule has 4 rings (SSSR count). The van der Waals surface area contributed by atoms with E-state index in [1.165, 1.54) is 15.2 Å². The molecule has 2 aliphatic rings. The molecule has 3 heterocycles. The Labute approximate surface area is 164 Å². The van der Waals surface area contributed by atoms with Gasteiger partial charge in [0.15, 0.2) is 0 Å². The molecule has 1 saturated heterocycles. The molecule has 0 N–H and O–H groups in total. The van der Waals surface area contributed by atoms with Crippen molar-refractivity contribution < 1.29 is 13.2 Å². The lowest BCUT2D eigenvalue weighted by Crippen LogP contribution is -2.35. The predicted octanol–water partition coefficient (Wildman–Crippen LogP) is 3.37. The van der Waals surface area contributed by atoms with Crippen molar-refractivity contribution in [3.63, 3.8) is 0 Å². The summed E-state index contributed by atoms with van der Waals surface area (Å²) in [5.74, 6) is -0.0867. The topological polar surface area (TPSA) is 57.7 Å². The van der Waals surface area contributed by atoms with Crippen LogP contribution in [0.4, 0.5) is 0 Å². The normalized spacial score (nSPS) is 19.9. The van der Waals surface area contributed by atoms with Crippen LogP contribution in [0.3, 0.4) is 0 Å². The highest BCUT2D eigenvalue weighted by molar-refractivity contribution is 7.89. The van der Waals surface area contributed by atoms with E-state index in [1.54, 1.807) is 29.5 Å². The van der Waals surface area contributed by atoms with Gasteiger partial charge in [-0.2, -0.15) is 4.31 Å². The Balaban J connectivity index is 1.58. The molecule has 27 heavy (non-hydrogen) atoms. The van der Waals surface area contributed by atoms with E-state index in [4.69, 9.17) is 0 Å². The summed E-state index contributed by atoms with van der Waals surface area (Å²) in [4.78, 5) is 16.1. The van der Waals surface area contributed by atoms with Crippen molar-refractivity contribution in [3.05, 3.63) is 51.7 Å². The Morgan fingerprint density at radius 2 is 2.00 bits per heavy atom. The Morgan fingerprint density at radius 3 is 2.74 bits per heavy atom. The molecule has 1 aromatic heterocycles. The molecular weight excluding hydrogens is 380 g/mol. The van der Waals surface area contributed by atoms with Gasteiger partial charge in [-0.3, -0.25) is 4.79 Å². The lowest BCUT2D eigenvalue weighted by Gasteiger charge is -2.26. The van der Waals surface area contributed by atoms with Crippen molar-refractivity contribution >= 4 is 27.3 Å². The Hall–Kier alpha value is -1.70. The number of hydrogen-bond acceptors (Lipinski definition) is 4. The molecule has 0 aliphatic carbocycles. The van der Waals surface area contributed by atoms with Crippen molar-refractivity contribution in [2.75, 3.05) is 19.6 Å². The molecule has 0 unspecified atom stereocenters. The van der Waals surface area contributed by atoms with Crippen LogP contribution in [-0.2, 0) is 23.0 Å². The fraction of sp³-hybridized carbons (Fsp3) is 0.450. The molecule has 0 spiro atoms. The van der Waals surface area contributed by atoms with E-state index in [2.05, 4.69) is 13.8 Å². The van der Waals surface area contributed by atoms with Crippen molar-refractivity contribution in [1.82, 2.24) is 9.21 Å². The standard InChI is InChI=1S/C20H24N2O3S2/c1-20(2)8-10-21(14-20)19(23)15-4-3-5-17(12-15)27(24,25)22-9-6-18-16(13-22)7-11-26-18/h3-5,7,11-12H,6,8-10,13-14H2,1-2H3. The van der Waals surface area contributed by atoms with Gasteiger partial charge in [-0.1, -0.05) is 19.9 Å². The first kappa shape index (κ1) is 18.7. The van der Waals surface area contributed by atoms with Crippen LogP contribution in [-0.4, -0.2) is 43.2 Å². The number of sulfonamides is 1. The third kappa shape index (κ3) is 3.56. The van der Waals surface area contributed by atoms with Gasteiger partial charge >= 0.3 is 0 Å². The van der Waals surface area contributed by atoms with Crippen LogP contribution >= 0.6 is 11.3 Å². The Morgan fingerprint density at radius 1 is 1.19 bits per heavy atom. The second kappa shape index (κ2) is 6.72. The first-order chi connectivity index (χ1) is 12.8. The molecule has 2 aromatic rings. The molecular formula is C20H24N2O3S2. The second-order valence-electron chi connectivity index (χ2n) is 8.13. The molecule has 0 bridgehead atoms. The number of carbonyl (C=O) groups excluding carboxylic acids is 1. The number of hydrogen-bond donors (Lipinski definition) is 0. The van der Waals surface area contributed by atoms with Crippen LogP contribution in [0.25, 0.3) is 0 Å². The SMILES string of the molecule is CC1(C)CCN(C(=O)c2cccc(S(=O)(=O)N3CCc4sccc4C3)c2)C1. The molecule has 7 heteroatoms. The van der Waals surface area contributed by atoms with Gasteiger partial charge in [-0.05, 0) is 53.5 Å². The molecule has 144 valence electrons. The Kier molecular flexibility index (Phi) is 4.64. The first-order valence-corrected chi connectivity index (χ1v) is 11.5. The molecule has 0 radical (unpaired) electrons. The molecule has 0 saturated carbocycles. The molecule has 2 aliphatic heterocycles. The zero-order chi connectivity index (χ0) is 19.2. The number of benzene rings is 1. The highest BCUT2D eigenvalue weighted by Gasteiger charge is 2.33. The van der Waals surface area contributed by atoms with Gasteiger partial charge in [-0.25, -0.2) is 8.42 Å². The minimum Gasteiger partial charge on any atom is -0.338 e. The van der Waals surface area contributed by atoms with E-state index in [9.17, 15) is 13.2 Å². The van der Waals surface area contributed by atoms with E-state index in [0.717, 1.165) is 24.9 Å². The maximum atomic E-state index is 13.1. The number of rotatable bonds is 3. The molecule has 5 nitrogen and oxygen atoms in total. The number of fused-ring (bicyclic) bond motifs is 1. The van der Waals surface area contributed by atoms with Crippen LogP contribution in [0, 0.1) is 5.41 Å². The average molecular weight is 405 g/mol. The minimum absolute atomic E-state index is 0.0867. The smallest absolute Gasteiger partial charge is 0.253 e. The molecule has 1 aromatic carbocycles.